The number of amides is 1. The van der Waals surface area contributed by atoms with E-state index in [2.05, 4.69) is 15.0 Å². The lowest BCUT2D eigenvalue weighted by Gasteiger charge is -2.34. The van der Waals surface area contributed by atoms with Gasteiger partial charge in [-0.2, -0.15) is 4.98 Å². The number of carbonyl (C=O) groups excluding carboxylic acids is 1. The maximum atomic E-state index is 13.1. The van der Waals surface area contributed by atoms with Crippen LogP contribution in [-0.2, 0) is 0 Å². The van der Waals surface area contributed by atoms with E-state index >= 15 is 0 Å². The molecular formula is C22H18N6O6. The normalized spacial score (nSPS) is 15.2. The number of carbonyl (C=O) groups is 1. The molecule has 0 spiro atoms. The lowest BCUT2D eigenvalue weighted by molar-refractivity contribution is 0.0714. The Labute approximate surface area is 191 Å². The summed E-state index contributed by atoms with van der Waals surface area (Å²) in [6.45, 7) is 2.00. The molecule has 0 aliphatic carbocycles. The molecule has 1 N–H and O–H groups in total. The van der Waals surface area contributed by atoms with Crippen LogP contribution in [0.5, 0.6) is 11.5 Å². The van der Waals surface area contributed by atoms with E-state index in [9.17, 15) is 14.4 Å². The largest absolute Gasteiger partial charge is 0.459 e. The van der Waals surface area contributed by atoms with Crippen LogP contribution in [0.3, 0.4) is 0 Å². The number of hydrogen-bond acceptors (Lipinski definition) is 9. The highest BCUT2D eigenvalue weighted by molar-refractivity contribution is 5.91. The third-order valence-electron chi connectivity index (χ3n) is 5.83. The van der Waals surface area contributed by atoms with Gasteiger partial charge < -0.3 is 23.7 Å². The second-order valence-corrected chi connectivity index (χ2v) is 7.80. The number of nitrogens with zero attached hydrogens (tertiary/aromatic N) is 5. The summed E-state index contributed by atoms with van der Waals surface area (Å²) in [5.74, 6) is 1.51. The number of aromatic amines is 1. The monoisotopic (exact) mass is 462 g/mol. The van der Waals surface area contributed by atoms with Crippen LogP contribution in [0.1, 0.15) is 10.6 Å². The van der Waals surface area contributed by atoms with Crippen molar-refractivity contribution < 1.29 is 18.7 Å². The summed E-state index contributed by atoms with van der Waals surface area (Å²) in [7, 11) is 0. The number of rotatable bonds is 3. The minimum Gasteiger partial charge on any atom is -0.459 e. The van der Waals surface area contributed by atoms with Crippen molar-refractivity contribution in [3.8, 4) is 17.2 Å². The van der Waals surface area contributed by atoms with E-state index in [1.54, 1.807) is 35.2 Å². The Bertz CT molecular complexity index is 1520. The summed E-state index contributed by atoms with van der Waals surface area (Å²) >= 11 is 0. The van der Waals surface area contributed by atoms with Gasteiger partial charge in [0.1, 0.15) is 5.39 Å². The van der Waals surface area contributed by atoms with E-state index in [0.717, 1.165) is 4.57 Å². The molecule has 0 bridgehead atoms. The predicted molar refractivity (Wildman–Crippen MR) is 119 cm³/mol. The van der Waals surface area contributed by atoms with E-state index in [4.69, 9.17) is 13.9 Å². The van der Waals surface area contributed by atoms with Gasteiger partial charge in [-0.1, -0.05) is 0 Å². The second kappa shape index (κ2) is 7.76. The standard InChI is InChI=1S/C22H18N6O6/c29-19-14-11-23-21(27-7-5-26(6-8-27)20(30)16-2-1-9-32-16)24-18(14)25-22(31)28(19)13-3-4-15-17(10-13)34-12-33-15/h1-4,9-11H,5-8,12H2,(H,23,24,25,31). The maximum Gasteiger partial charge on any atom is 0.334 e. The molecule has 12 heteroatoms. The lowest BCUT2D eigenvalue weighted by atomic mass is 10.2. The number of benzene rings is 1. The Hall–Kier alpha value is -4.61. The second-order valence-electron chi connectivity index (χ2n) is 7.80. The van der Waals surface area contributed by atoms with Gasteiger partial charge >= 0.3 is 5.69 Å². The number of fused-ring (bicyclic) bond motifs is 2. The topological polar surface area (TPSA) is 136 Å². The van der Waals surface area contributed by atoms with Crippen molar-refractivity contribution in [2.45, 2.75) is 0 Å². The fourth-order valence-electron chi connectivity index (χ4n) is 4.07. The SMILES string of the molecule is O=C(c1ccco1)N1CCN(c2ncc3c(=O)n(-c4ccc5c(c4)OCO5)c(=O)[nH]c3n2)CC1. The van der Waals surface area contributed by atoms with Crippen LogP contribution < -0.4 is 25.6 Å². The minimum absolute atomic E-state index is 0.0870. The van der Waals surface area contributed by atoms with E-state index in [0.29, 0.717) is 55.1 Å². The molecular weight excluding hydrogens is 444 g/mol. The zero-order valence-corrected chi connectivity index (χ0v) is 17.8. The summed E-state index contributed by atoms with van der Waals surface area (Å²) < 4.78 is 16.8. The zero-order valence-electron chi connectivity index (χ0n) is 17.8. The van der Waals surface area contributed by atoms with Crippen molar-refractivity contribution >= 4 is 22.9 Å². The van der Waals surface area contributed by atoms with Gasteiger partial charge in [0.25, 0.3) is 11.5 Å². The van der Waals surface area contributed by atoms with Crippen LogP contribution in [0.4, 0.5) is 5.95 Å². The Kier molecular flexibility index (Phi) is 4.57. The molecule has 2 aliphatic heterocycles. The molecule has 0 saturated carbocycles. The van der Waals surface area contributed by atoms with Gasteiger partial charge in [0, 0.05) is 38.4 Å². The highest BCUT2D eigenvalue weighted by atomic mass is 16.7. The third-order valence-corrected chi connectivity index (χ3v) is 5.83. The quantitative estimate of drug-likeness (QED) is 0.468. The average Bonchev–Trinajstić information content (AvgIpc) is 3.55. The van der Waals surface area contributed by atoms with Crippen LogP contribution in [0, 0.1) is 0 Å². The summed E-state index contributed by atoms with van der Waals surface area (Å²) in [5, 5.41) is 0.174. The molecule has 1 saturated heterocycles. The number of furan rings is 1. The van der Waals surface area contributed by atoms with Crippen LogP contribution in [-0.4, -0.2) is 63.3 Å². The summed E-state index contributed by atoms with van der Waals surface area (Å²) in [5.41, 5.74) is -0.683. The van der Waals surface area contributed by atoms with Crippen molar-refractivity contribution in [1.82, 2.24) is 24.4 Å². The first-order valence-electron chi connectivity index (χ1n) is 10.6. The number of ether oxygens (including phenoxy) is 2. The summed E-state index contributed by atoms with van der Waals surface area (Å²) in [6.07, 6.45) is 2.87. The van der Waals surface area contributed by atoms with Crippen LogP contribution >= 0.6 is 0 Å². The first-order valence-corrected chi connectivity index (χ1v) is 10.6. The van der Waals surface area contributed by atoms with Gasteiger partial charge in [0.05, 0.1) is 12.0 Å². The third kappa shape index (κ3) is 3.27. The van der Waals surface area contributed by atoms with E-state index in [1.165, 1.54) is 12.5 Å². The number of H-pyrrole nitrogens is 1. The van der Waals surface area contributed by atoms with E-state index in [-0.39, 0.29) is 23.7 Å². The highest BCUT2D eigenvalue weighted by Crippen LogP contribution is 2.33. The Morgan fingerprint density at radius 3 is 2.65 bits per heavy atom. The first-order chi connectivity index (χ1) is 16.6. The fourth-order valence-corrected chi connectivity index (χ4v) is 4.07. The lowest BCUT2D eigenvalue weighted by Crippen LogP contribution is -2.49. The molecule has 1 fully saturated rings. The van der Waals surface area contributed by atoms with Crippen molar-refractivity contribution in [1.29, 1.82) is 0 Å². The van der Waals surface area contributed by atoms with Gasteiger partial charge in [-0.15, -0.1) is 0 Å². The molecule has 1 aromatic carbocycles. The molecule has 5 heterocycles. The molecule has 34 heavy (non-hydrogen) atoms. The zero-order chi connectivity index (χ0) is 23.2. The van der Waals surface area contributed by atoms with Gasteiger partial charge in [0.2, 0.25) is 12.7 Å². The van der Waals surface area contributed by atoms with Gasteiger partial charge in [0.15, 0.2) is 22.9 Å². The van der Waals surface area contributed by atoms with Gasteiger partial charge in [-0.3, -0.25) is 14.6 Å². The highest BCUT2D eigenvalue weighted by Gasteiger charge is 2.25. The fraction of sp³-hybridized carbons (Fsp3) is 0.227. The summed E-state index contributed by atoms with van der Waals surface area (Å²) in [6, 6.07) is 8.13. The number of nitrogens with one attached hydrogen (secondary N) is 1. The van der Waals surface area contributed by atoms with E-state index in [1.807, 2.05) is 4.90 Å². The molecule has 0 unspecified atom stereocenters. The predicted octanol–water partition coefficient (Wildman–Crippen LogP) is 0.753. The molecule has 0 atom stereocenters. The molecule has 4 aromatic rings. The molecule has 3 aromatic heterocycles. The maximum absolute atomic E-state index is 13.1. The van der Waals surface area contributed by atoms with Crippen LogP contribution in [0.2, 0.25) is 0 Å². The van der Waals surface area contributed by atoms with Crippen molar-refractivity contribution in [2.24, 2.45) is 0 Å². The first kappa shape index (κ1) is 20.0. The average molecular weight is 462 g/mol. The van der Waals surface area contributed by atoms with E-state index < -0.39 is 11.2 Å². The smallest absolute Gasteiger partial charge is 0.334 e. The number of aromatic nitrogens is 4. The van der Waals surface area contributed by atoms with Crippen molar-refractivity contribution in [3.05, 3.63) is 69.4 Å². The molecule has 1 amide bonds. The molecule has 2 aliphatic rings. The van der Waals surface area contributed by atoms with Crippen molar-refractivity contribution in [2.75, 3.05) is 37.9 Å². The molecule has 0 radical (unpaired) electrons. The van der Waals surface area contributed by atoms with Gasteiger partial charge in [-0.05, 0) is 24.3 Å². The van der Waals surface area contributed by atoms with Crippen molar-refractivity contribution in [3.63, 3.8) is 0 Å². The van der Waals surface area contributed by atoms with Crippen LogP contribution in [0.15, 0.2) is 56.8 Å². The number of piperazine rings is 1. The Morgan fingerprint density at radius 2 is 1.85 bits per heavy atom. The molecule has 172 valence electrons. The molecule has 12 nitrogen and oxygen atoms in total. The van der Waals surface area contributed by atoms with Gasteiger partial charge in [-0.25, -0.2) is 14.3 Å². The molecule has 6 rings (SSSR count). The minimum atomic E-state index is -0.630. The number of anilines is 1. The Balaban J connectivity index is 1.27. The van der Waals surface area contributed by atoms with Crippen LogP contribution in [0.25, 0.3) is 16.7 Å². The summed E-state index contributed by atoms with van der Waals surface area (Å²) in [4.78, 5) is 53.4. The Morgan fingerprint density at radius 1 is 1.03 bits per heavy atom. The number of hydrogen-bond donors (Lipinski definition) is 1.